The average Bonchev–Trinajstić information content (AvgIpc) is 3.22. The van der Waals surface area contributed by atoms with Crippen LogP contribution in [0.4, 0.5) is 13.2 Å². The molecule has 2 aliphatic rings. The molecule has 182 valence electrons. The second kappa shape index (κ2) is 10.0. The van der Waals surface area contributed by atoms with Gasteiger partial charge in [0, 0.05) is 44.2 Å². The molecule has 2 aromatic rings. The molecule has 1 aromatic carbocycles. The highest BCUT2D eigenvalue weighted by atomic mass is 19.4. The van der Waals surface area contributed by atoms with Crippen molar-refractivity contribution in [1.29, 1.82) is 0 Å². The van der Waals surface area contributed by atoms with Gasteiger partial charge in [0.2, 0.25) is 0 Å². The topological polar surface area (TPSA) is 92.5 Å². The number of alkyl halides is 3. The number of nitrogens with zero attached hydrogens (tertiary/aromatic N) is 2. The lowest BCUT2D eigenvalue weighted by molar-refractivity contribution is -0.192. The van der Waals surface area contributed by atoms with Crippen molar-refractivity contribution in [3.63, 3.8) is 0 Å². The number of hydrogen-bond acceptors (Lipinski definition) is 6. The van der Waals surface area contributed by atoms with Crippen LogP contribution in [0.15, 0.2) is 28.7 Å². The molecule has 4 rings (SSSR count). The van der Waals surface area contributed by atoms with Gasteiger partial charge in [-0.25, -0.2) is 4.79 Å². The maximum Gasteiger partial charge on any atom is 0.490 e. The minimum Gasteiger partial charge on any atom is -0.493 e. The molecule has 2 fully saturated rings. The van der Waals surface area contributed by atoms with E-state index in [1.165, 1.54) is 0 Å². The molecule has 2 aliphatic heterocycles. The molecular weight excluding hydrogens is 445 g/mol. The van der Waals surface area contributed by atoms with Gasteiger partial charge in [-0.3, -0.25) is 9.69 Å². The van der Waals surface area contributed by atoms with E-state index in [-0.39, 0.29) is 11.4 Å². The normalized spacial score (nSPS) is 20.8. The minimum atomic E-state index is -5.08. The minimum absolute atomic E-state index is 0.0269. The van der Waals surface area contributed by atoms with Gasteiger partial charge in [-0.1, -0.05) is 12.1 Å². The number of ether oxygens (including phenoxy) is 2. The Morgan fingerprint density at radius 1 is 1.21 bits per heavy atom. The van der Waals surface area contributed by atoms with Gasteiger partial charge < -0.3 is 23.9 Å². The predicted molar refractivity (Wildman–Crippen MR) is 112 cm³/mol. The number of fused-ring (bicyclic) bond motifs is 1. The van der Waals surface area contributed by atoms with Crippen LogP contribution in [0.1, 0.15) is 29.8 Å². The highest BCUT2D eigenvalue weighted by molar-refractivity contribution is 5.97. The molecule has 1 amide bonds. The molecule has 1 unspecified atom stereocenters. The summed E-state index contributed by atoms with van der Waals surface area (Å²) in [7, 11) is 3.34. The van der Waals surface area contributed by atoms with Crippen molar-refractivity contribution in [3.8, 4) is 5.75 Å². The standard InChI is InChI=1S/C20H26N2O4.C2HF3O2/c1-24-12-11-22-10-8-20(22)7-4-9-21(14-20)19(23)17-13-15-5-3-6-16(25-2)18(15)26-17;3-2(4,5)1(6)7/h3,5-6,13H,4,7-12,14H2,1-2H3;(H,6,7). The largest absolute Gasteiger partial charge is 0.493 e. The number of furan rings is 1. The summed E-state index contributed by atoms with van der Waals surface area (Å²) in [6, 6.07) is 7.51. The maximum absolute atomic E-state index is 13.1. The fourth-order valence-corrected chi connectivity index (χ4v) is 4.34. The number of carboxylic acids is 1. The third kappa shape index (κ3) is 5.41. The predicted octanol–water partition coefficient (Wildman–Crippen LogP) is 3.40. The zero-order valence-corrected chi connectivity index (χ0v) is 18.5. The fraction of sp³-hybridized carbons (Fsp3) is 0.545. The second-order valence-electron chi connectivity index (χ2n) is 8.08. The number of para-hydroxylation sites is 1. The van der Waals surface area contributed by atoms with E-state index in [0.29, 0.717) is 17.1 Å². The Labute approximate surface area is 188 Å². The van der Waals surface area contributed by atoms with Crippen molar-refractivity contribution in [2.45, 2.75) is 31.0 Å². The molecule has 8 nitrogen and oxygen atoms in total. The van der Waals surface area contributed by atoms with E-state index >= 15 is 0 Å². The zero-order valence-electron chi connectivity index (χ0n) is 18.5. The van der Waals surface area contributed by atoms with Crippen molar-refractivity contribution in [2.75, 3.05) is 47.0 Å². The Hall–Kier alpha value is -2.79. The van der Waals surface area contributed by atoms with Crippen LogP contribution in [-0.2, 0) is 9.53 Å². The van der Waals surface area contributed by atoms with Gasteiger partial charge in [0.05, 0.1) is 13.7 Å². The lowest BCUT2D eigenvalue weighted by Crippen LogP contribution is -2.67. The van der Waals surface area contributed by atoms with Crippen molar-refractivity contribution in [1.82, 2.24) is 9.80 Å². The summed E-state index contributed by atoms with van der Waals surface area (Å²) >= 11 is 0. The SMILES string of the molecule is COCCN1CCC12CCCN(C(=O)c1cc3cccc(OC)c3o1)C2.O=C(O)C(F)(F)F. The number of carbonyl (C=O) groups excluding carboxylic acids is 1. The van der Waals surface area contributed by atoms with E-state index in [2.05, 4.69) is 4.90 Å². The van der Waals surface area contributed by atoms with Crippen molar-refractivity contribution < 1.29 is 41.8 Å². The monoisotopic (exact) mass is 472 g/mol. The second-order valence-corrected chi connectivity index (χ2v) is 8.08. The van der Waals surface area contributed by atoms with E-state index in [0.717, 1.165) is 57.4 Å². The lowest BCUT2D eigenvalue weighted by Gasteiger charge is -2.57. The molecule has 0 bridgehead atoms. The summed E-state index contributed by atoms with van der Waals surface area (Å²) in [5.74, 6) is -1.74. The zero-order chi connectivity index (χ0) is 24.2. The molecule has 1 spiro atoms. The molecular formula is C22H27F3N2O6. The quantitative estimate of drug-likeness (QED) is 0.713. The lowest BCUT2D eigenvalue weighted by atomic mass is 9.77. The van der Waals surface area contributed by atoms with Gasteiger partial charge in [0.15, 0.2) is 17.1 Å². The van der Waals surface area contributed by atoms with E-state index in [1.54, 1.807) is 14.2 Å². The molecule has 2 saturated heterocycles. The van der Waals surface area contributed by atoms with Crippen LogP contribution in [0, 0.1) is 0 Å². The van der Waals surface area contributed by atoms with E-state index in [4.69, 9.17) is 23.8 Å². The number of piperidine rings is 1. The number of likely N-dealkylation sites (tertiary alicyclic amines) is 2. The van der Waals surface area contributed by atoms with Crippen LogP contribution < -0.4 is 4.74 Å². The van der Waals surface area contributed by atoms with E-state index < -0.39 is 12.1 Å². The van der Waals surface area contributed by atoms with Crippen LogP contribution in [0.3, 0.4) is 0 Å². The van der Waals surface area contributed by atoms with E-state index in [9.17, 15) is 18.0 Å². The fourth-order valence-electron chi connectivity index (χ4n) is 4.34. The molecule has 3 heterocycles. The highest BCUT2D eigenvalue weighted by Crippen LogP contribution is 2.39. The Morgan fingerprint density at radius 3 is 2.52 bits per heavy atom. The van der Waals surface area contributed by atoms with Crippen LogP contribution in [0.25, 0.3) is 11.0 Å². The van der Waals surface area contributed by atoms with Crippen LogP contribution >= 0.6 is 0 Å². The molecule has 1 N–H and O–H groups in total. The summed E-state index contributed by atoms with van der Waals surface area (Å²) in [5, 5.41) is 8.02. The Bertz CT molecular complexity index is 992. The number of halogens is 3. The van der Waals surface area contributed by atoms with Gasteiger partial charge in [-0.15, -0.1) is 0 Å². The summed E-state index contributed by atoms with van der Waals surface area (Å²) < 4.78 is 48.2. The molecule has 0 saturated carbocycles. The summed E-state index contributed by atoms with van der Waals surface area (Å²) in [6.07, 6.45) is -1.76. The molecule has 0 aliphatic carbocycles. The Balaban J connectivity index is 0.000000383. The third-order valence-corrected chi connectivity index (χ3v) is 6.11. The van der Waals surface area contributed by atoms with Crippen LogP contribution in [0.2, 0.25) is 0 Å². The first kappa shape index (κ1) is 24.8. The average molecular weight is 472 g/mol. The molecule has 33 heavy (non-hydrogen) atoms. The molecule has 0 radical (unpaired) electrons. The van der Waals surface area contributed by atoms with Gasteiger partial charge in [-0.05, 0) is 31.4 Å². The smallest absolute Gasteiger partial charge is 0.490 e. The first-order chi connectivity index (χ1) is 15.6. The first-order valence-electron chi connectivity index (χ1n) is 10.5. The van der Waals surface area contributed by atoms with Gasteiger partial charge in [0.1, 0.15) is 0 Å². The number of methoxy groups -OCH3 is 2. The van der Waals surface area contributed by atoms with Crippen LogP contribution in [-0.4, -0.2) is 85.5 Å². The maximum atomic E-state index is 13.1. The number of carboxylic acid groups (broad SMARTS) is 1. The number of amides is 1. The van der Waals surface area contributed by atoms with Gasteiger partial charge in [0.25, 0.3) is 5.91 Å². The number of hydrogen-bond donors (Lipinski definition) is 1. The molecule has 11 heteroatoms. The Morgan fingerprint density at radius 2 is 1.94 bits per heavy atom. The number of benzene rings is 1. The number of carbonyl (C=O) groups is 2. The molecule has 1 atom stereocenters. The van der Waals surface area contributed by atoms with Crippen molar-refractivity contribution in [3.05, 3.63) is 30.0 Å². The summed E-state index contributed by atoms with van der Waals surface area (Å²) in [5.41, 5.74) is 0.756. The first-order valence-corrected chi connectivity index (χ1v) is 10.5. The summed E-state index contributed by atoms with van der Waals surface area (Å²) in [6.45, 7) is 4.31. The Kier molecular flexibility index (Phi) is 7.53. The molecule has 1 aromatic heterocycles. The highest BCUT2D eigenvalue weighted by Gasteiger charge is 2.48. The van der Waals surface area contributed by atoms with Crippen molar-refractivity contribution >= 4 is 22.8 Å². The van der Waals surface area contributed by atoms with Crippen LogP contribution in [0.5, 0.6) is 5.75 Å². The number of rotatable bonds is 5. The van der Waals surface area contributed by atoms with Gasteiger partial charge in [-0.2, -0.15) is 13.2 Å². The van der Waals surface area contributed by atoms with Crippen molar-refractivity contribution in [2.24, 2.45) is 0 Å². The number of aliphatic carboxylic acids is 1. The third-order valence-electron chi connectivity index (χ3n) is 6.11. The van der Waals surface area contributed by atoms with E-state index in [1.807, 2.05) is 29.2 Å². The van der Waals surface area contributed by atoms with Gasteiger partial charge >= 0.3 is 12.1 Å². The summed E-state index contributed by atoms with van der Waals surface area (Å²) in [4.78, 5) is 26.4.